The highest BCUT2D eigenvalue weighted by molar-refractivity contribution is 5.48. The largest absolute Gasteiger partial charge is 0.427 e. The number of benzene rings is 1. The van der Waals surface area contributed by atoms with E-state index in [-0.39, 0.29) is 5.88 Å². The summed E-state index contributed by atoms with van der Waals surface area (Å²) in [6, 6.07) is 3.45. The van der Waals surface area contributed by atoms with E-state index in [0.717, 1.165) is 12.1 Å². The first-order valence-electron chi connectivity index (χ1n) is 5.22. The van der Waals surface area contributed by atoms with Crippen LogP contribution in [0, 0.1) is 15.9 Å². The normalized spacial score (nSPS) is 10.0. The molecule has 0 amide bonds. The van der Waals surface area contributed by atoms with Gasteiger partial charge < -0.3 is 10.1 Å². The van der Waals surface area contributed by atoms with Gasteiger partial charge in [-0.05, 0) is 6.07 Å². The molecule has 1 N–H and O–H groups in total. The van der Waals surface area contributed by atoms with Crippen molar-refractivity contribution in [3.05, 3.63) is 46.5 Å². The summed E-state index contributed by atoms with van der Waals surface area (Å²) in [5, 5.41) is 13.5. The number of hydrogen-bond acceptors (Lipinski definition) is 6. The van der Waals surface area contributed by atoms with Crippen molar-refractivity contribution in [3.63, 3.8) is 0 Å². The zero-order valence-electron chi connectivity index (χ0n) is 9.83. The molecule has 0 aliphatic carbocycles. The Bertz CT molecular complexity index is 621. The first-order chi connectivity index (χ1) is 9.11. The predicted molar refractivity (Wildman–Crippen MR) is 64.7 cm³/mol. The van der Waals surface area contributed by atoms with E-state index in [4.69, 9.17) is 4.74 Å². The summed E-state index contributed by atoms with van der Waals surface area (Å²) in [6.45, 7) is 0. The van der Waals surface area contributed by atoms with E-state index >= 15 is 0 Å². The van der Waals surface area contributed by atoms with Gasteiger partial charge in [-0.3, -0.25) is 15.1 Å². The molecule has 0 fully saturated rings. The van der Waals surface area contributed by atoms with Crippen LogP contribution >= 0.6 is 0 Å². The van der Waals surface area contributed by atoms with Crippen molar-refractivity contribution in [2.75, 3.05) is 12.4 Å². The lowest BCUT2D eigenvalue weighted by Gasteiger charge is -2.07. The van der Waals surface area contributed by atoms with E-state index in [9.17, 15) is 14.5 Å². The van der Waals surface area contributed by atoms with Crippen LogP contribution in [0.5, 0.6) is 11.6 Å². The number of hydrogen-bond donors (Lipinski definition) is 1. The van der Waals surface area contributed by atoms with Gasteiger partial charge in [0.2, 0.25) is 11.6 Å². The van der Waals surface area contributed by atoms with Crippen molar-refractivity contribution in [2.24, 2.45) is 0 Å². The highest BCUT2D eigenvalue weighted by Gasteiger charge is 2.20. The summed E-state index contributed by atoms with van der Waals surface area (Å²) >= 11 is 0. The number of nitrogens with one attached hydrogen (secondary N) is 1. The van der Waals surface area contributed by atoms with Crippen molar-refractivity contribution in [1.82, 2.24) is 9.97 Å². The minimum absolute atomic E-state index is 0.0416. The number of ether oxygens (including phenoxy) is 1. The molecule has 2 rings (SSSR count). The third-order valence-corrected chi connectivity index (χ3v) is 2.22. The lowest BCUT2D eigenvalue weighted by molar-refractivity contribution is -0.385. The standard InChI is InChI=1S/C11H9FN4O3/c1-13-9-5-14-6-10(15-9)19-11-7(12)3-2-4-8(11)16(17)18/h2-6H,1H3,(H,13,15). The second-order valence-electron chi connectivity index (χ2n) is 3.44. The van der Waals surface area contributed by atoms with E-state index in [1.165, 1.54) is 18.5 Å². The molecular formula is C11H9FN4O3. The Kier molecular flexibility index (Phi) is 3.51. The topological polar surface area (TPSA) is 90.2 Å². The zero-order chi connectivity index (χ0) is 13.8. The van der Waals surface area contributed by atoms with Crippen LogP contribution in [0.4, 0.5) is 15.9 Å². The van der Waals surface area contributed by atoms with Crippen LogP contribution in [0.25, 0.3) is 0 Å². The molecule has 0 spiro atoms. The van der Waals surface area contributed by atoms with Crippen LogP contribution < -0.4 is 10.1 Å². The Labute approximate surface area is 107 Å². The maximum Gasteiger partial charge on any atom is 0.314 e. The first-order valence-corrected chi connectivity index (χ1v) is 5.22. The molecule has 19 heavy (non-hydrogen) atoms. The molecule has 0 aliphatic rings. The van der Waals surface area contributed by atoms with Crippen LogP contribution in [-0.4, -0.2) is 21.9 Å². The summed E-state index contributed by atoms with van der Waals surface area (Å²) in [7, 11) is 1.62. The van der Waals surface area contributed by atoms with E-state index in [0.29, 0.717) is 5.82 Å². The Morgan fingerprint density at radius 3 is 2.89 bits per heavy atom. The highest BCUT2D eigenvalue weighted by Crippen LogP contribution is 2.32. The molecule has 1 heterocycles. The number of aromatic nitrogens is 2. The minimum Gasteiger partial charge on any atom is -0.427 e. The molecule has 0 radical (unpaired) electrons. The fourth-order valence-corrected chi connectivity index (χ4v) is 1.36. The monoisotopic (exact) mass is 264 g/mol. The average Bonchev–Trinajstić information content (AvgIpc) is 2.41. The molecule has 0 saturated heterocycles. The van der Waals surface area contributed by atoms with Crippen molar-refractivity contribution in [1.29, 1.82) is 0 Å². The van der Waals surface area contributed by atoms with Crippen LogP contribution in [0.2, 0.25) is 0 Å². The van der Waals surface area contributed by atoms with Crippen molar-refractivity contribution < 1.29 is 14.1 Å². The summed E-state index contributed by atoms with van der Waals surface area (Å²) in [4.78, 5) is 17.8. The molecule has 0 aliphatic heterocycles. The van der Waals surface area contributed by atoms with Crippen LogP contribution in [-0.2, 0) is 0 Å². The number of nitro groups is 1. The van der Waals surface area contributed by atoms with E-state index in [2.05, 4.69) is 15.3 Å². The van der Waals surface area contributed by atoms with Gasteiger partial charge in [-0.2, -0.15) is 4.98 Å². The summed E-state index contributed by atoms with van der Waals surface area (Å²) in [5.41, 5.74) is -0.475. The van der Waals surface area contributed by atoms with Crippen LogP contribution in [0.15, 0.2) is 30.6 Å². The minimum atomic E-state index is -0.842. The molecule has 1 aromatic heterocycles. The van der Waals surface area contributed by atoms with Crippen molar-refractivity contribution in [3.8, 4) is 11.6 Å². The van der Waals surface area contributed by atoms with E-state index < -0.39 is 22.2 Å². The van der Waals surface area contributed by atoms with Gasteiger partial charge in [-0.25, -0.2) is 4.39 Å². The Balaban J connectivity index is 2.40. The SMILES string of the molecule is CNc1cncc(Oc2c(F)cccc2[N+](=O)[O-])n1. The molecule has 0 atom stereocenters. The summed E-state index contributed by atoms with van der Waals surface area (Å²) < 4.78 is 18.7. The Morgan fingerprint density at radius 1 is 1.42 bits per heavy atom. The third-order valence-electron chi connectivity index (χ3n) is 2.22. The number of rotatable bonds is 4. The predicted octanol–water partition coefficient (Wildman–Crippen LogP) is 2.36. The maximum atomic E-state index is 13.6. The van der Waals surface area contributed by atoms with Gasteiger partial charge >= 0.3 is 5.69 Å². The molecule has 8 heteroatoms. The van der Waals surface area contributed by atoms with Crippen molar-refractivity contribution in [2.45, 2.75) is 0 Å². The molecule has 98 valence electrons. The highest BCUT2D eigenvalue weighted by atomic mass is 19.1. The number of anilines is 1. The second-order valence-corrected chi connectivity index (χ2v) is 3.44. The van der Waals surface area contributed by atoms with Gasteiger partial charge in [-0.15, -0.1) is 0 Å². The number of nitrogens with zero attached hydrogens (tertiary/aromatic N) is 3. The molecule has 1 aromatic carbocycles. The fraction of sp³-hybridized carbons (Fsp3) is 0.0909. The number of para-hydroxylation sites is 1. The quantitative estimate of drug-likeness (QED) is 0.673. The van der Waals surface area contributed by atoms with Gasteiger partial charge in [0.15, 0.2) is 5.82 Å². The average molecular weight is 264 g/mol. The van der Waals surface area contributed by atoms with Crippen LogP contribution in [0.1, 0.15) is 0 Å². The lowest BCUT2D eigenvalue weighted by Crippen LogP contribution is -1.99. The van der Waals surface area contributed by atoms with Gasteiger partial charge in [0, 0.05) is 13.1 Å². The second kappa shape index (κ2) is 5.25. The number of halogens is 1. The summed E-state index contributed by atoms with van der Waals surface area (Å²) in [6.07, 6.45) is 2.67. The van der Waals surface area contributed by atoms with Gasteiger partial charge in [0.1, 0.15) is 5.82 Å². The molecular weight excluding hydrogens is 255 g/mol. The Hall–Kier alpha value is -2.77. The first kappa shape index (κ1) is 12.7. The van der Waals surface area contributed by atoms with Crippen molar-refractivity contribution >= 4 is 11.5 Å². The van der Waals surface area contributed by atoms with Gasteiger partial charge in [0.05, 0.1) is 17.3 Å². The van der Waals surface area contributed by atoms with Gasteiger partial charge in [-0.1, -0.05) is 6.07 Å². The molecule has 7 nitrogen and oxygen atoms in total. The van der Waals surface area contributed by atoms with Crippen LogP contribution in [0.3, 0.4) is 0 Å². The van der Waals surface area contributed by atoms with E-state index in [1.807, 2.05) is 0 Å². The van der Waals surface area contributed by atoms with E-state index in [1.54, 1.807) is 7.05 Å². The number of nitro benzene ring substituents is 1. The molecule has 2 aromatic rings. The molecule has 0 saturated carbocycles. The molecule has 0 unspecified atom stereocenters. The fourth-order valence-electron chi connectivity index (χ4n) is 1.36. The summed E-state index contributed by atoms with van der Waals surface area (Å²) in [5.74, 6) is -0.975. The maximum absolute atomic E-state index is 13.6. The van der Waals surface area contributed by atoms with Gasteiger partial charge in [0.25, 0.3) is 0 Å². The zero-order valence-corrected chi connectivity index (χ0v) is 9.83. The smallest absolute Gasteiger partial charge is 0.314 e. The third kappa shape index (κ3) is 2.73. The Morgan fingerprint density at radius 2 is 2.21 bits per heavy atom. The molecule has 0 bridgehead atoms. The lowest BCUT2D eigenvalue weighted by atomic mass is 10.3.